The lowest BCUT2D eigenvalue weighted by molar-refractivity contribution is -0.143. The molecule has 0 amide bonds. The summed E-state index contributed by atoms with van der Waals surface area (Å²) in [6.45, 7) is 9.39. The summed E-state index contributed by atoms with van der Waals surface area (Å²) in [5.74, 6) is -0.151. The Labute approximate surface area is 117 Å². The summed E-state index contributed by atoms with van der Waals surface area (Å²) in [5.41, 5.74) is 0. The quantitative estimate of drug-likeness (QED) is 0.715. The van der Waals surface area contributed by atoms with Crippen LogP contribution in [-0.2, 0) is 9.53 Å². The number of esters is 1. The van der Waals surface area contributed by atoms with Crippen LogP contribution in [0.4, 0.5) is 0 Å². The molecule has 2 atom stereocenters. The van der Waals surface area contributed by atoms with E-state index in [1.807, 2.05) is 6.92 Å². The summed E-state index contributed by atoms with van der Waals surface area (Å²) in [6, 6.07) is 0.371. The molecule has 0 aliphatic carbocycles. The van der Waals surface area contributed by atoms with Gasteiger partial charge in [-0.15, -0.1) is 0 Å². The summed E-state index contributed by atoms with van der Waals surface area (Å²) >= 11 is 0. The summed E-state index contributed by atoms with van der Waals surface area (Å²) < 4.78 is 4.85. The Bertz CT molecular complexity index is 273. The Balaban J connectivity index is 2.45. The van der Waals surface area contributed by atoms with Crippen LogP contribution < -0.4 is 5.32 Å². The molecule has 0 aromatic rings. The molecule has 0 aromatic heterocycles. The minimum atomic E-state index is -0.178. The number of carbonyl (C=O) groups excluding carboxylic acids is 1. The van der Waals surface area contributed by atoms with E-state index >= 15 is 0 Å². The van der Waals surface area contributed by atoms with Gasteiger partial charge in [0, 0.05) is 19.1 Å². The third-order valence-electron chi connectivity index (χ3n) is 3.83. The van der Waals surface area contributed by atoms with Gasteiger partial charge in [-0.2, -0.15) is 0 Å². The van der Waals surface area contributed by atoms with Crippen molar-refractivity contribution in [3.8, 4) is 0 Å². The van der Waals surface area contributed by atoms with E-state index in [9.17, 15) is 4.79 Å². The molecule has 0 aromatic carbocycles. The second kappa shape index (κ2) is 8.51. The van der Waals surface area contributed by atoms with E-state index in [0.717, 1.165) is 39.1 Å². The number of nitrogens with zero attached hydrogens (tertiary/aromatic N) is 2. The number of methoxy groups -OCH3 is 1. The van der Waals surface area contributed by atoms with E-state index in [4.69, 9.17) is 4.74 Å². The molecule has 0 radical (unpaired) electrons. The molecule has 0 bridgehead atoms. The molecule has 1 heterocycles. The molecule has 1 rings (SSSR count). The minimum absolute atomic E-state index is 0.151. The van der Waals surface area contributed by atoms with E-state index < -0.39 is 0 Å². The standard InChI is InChI=1S/C14H29N3O2/c1-5-15-13(14(18)19-4)7-10-17-9-6-8-16(3)11-12(17)2/h12-13,15H,5-11H2,1-4H3. The Morgan fingerprint density at radius 1 is 1.47 bits per heavy atom. The van der Waals surface area contributed by atoms with Gasteiger partial charge in [0.15, 0.2) is 0 Å². The first kappa shape index (κ1) is 16.4. The fraction of sp³-hybridized carbons (Fsp3) is 0.929. The normalized spacial score (nSPS) is 23.9. The summed E-state index contributed by atoms with van der Waals surface area (Å²) in [5, 5.41) is 3.20. The summed E-state index contributed by atoms with van der Waals surface area (Å²) in [4.78, 5) is 16.5. The summed E-state index contributed by atoms with van der Waals surface area (Å²) in [7, 11) is 3.63. The van der Waals surface area contributed by atoms with Crippen molar-refractivity contribution in [1.29, 1.82) is 0 Å². The highest BCUT2D eigenvalue weighted by molar-refractivity contribution is 5.75. The number of carbonyl (C=O) groups is 1. The van der Waals surface area contributed by atoms with Crippen molar-refractivity contribution < 1.29 is 9.53 Å². The average molecular weight is 271 g/mol. The first-order valence-electron chi connectivity index (χ1n) is 7.32. The third kappa shape index (κ3) is 5.47. The SMILES string of the molecule is CCNC(CCN1CCCN(C)CC1C)C(=O)OC. The molecule has 2 unspecified atom stereocenters. The largest absolute Gasteiger partial charge is 0.468 e. The van der Waals surface area contributed by atoms with E-state index in [1.165, 1.54) is 13.5 Å². The monoisotopic (exact) mass is 271 g/mol. The maximum absolute atomic E-state index is 11.7. The zero-order chi connectivity index (χ0) is 14.3. The lowest BCUT2D eigenvalue weighted by atomic mass is 10.1. The highest BCUT2D eigenvalue weighted by atomic mass is 16.5. The first-order valence-corrected chi connectivity index (χ1v) is 7.32. The van der Waals surface area contributed by atoms with Crippen LogP contribution in [0.3, 0.4) is 0 Å². The predicted molar refractivity (Wildman–Crippen MR) is 77.2 cm³/mol. The Kier molecular flexibility index (Phi) is 7.34. The average Bonchev–Trinajstić information content (AvgIpc) is 2.54. The smallest absolute Gasteiger partial charge is 0.322 e. The van der Waals surface area contributed by atoms with Crippen LogP contribution in [0.2, 0.25) is 0 Å². The van der Waals surface area contributed by atoms with Crippen LogP contribution in [0.25, 0.3) is 0 Å². The van der Waals surface area contributed by atoms with Crippen LogP contribution >= 0.6 is 0 Å². The van der Waals surface area contributed by atoms with Gasteiger partial charge in [0.05, 0.1) is 7.11 Å². The fourth-order valence-electron chi connectivity index (χ4n) is 2.74. The Morgan fingerprint density at radius 3 is 2.84 bits per heavy atom. The van der Waals surface area contributed by atoms with E-state index in [2.05, 4.69) is 29.1 Å². The minimum Gasteiger partial charge on any atom is -0.468 e. The fourth-order valence-corrected chi connectivity index (χ4v) is 2.74. The first-order chi connectivity index (χ1) is 9.08. The number of hydrogen-bond donors (Lipinski definition) is 1. The lowest BCUT2D eigenvalue weighted by Gasteiger charge is -2.29. The maximum atomic E-state index is 11.7. The Hall–Kier alpha value is -0.650. The van der Waals surface area contributed by atoms with Gasteiger partial charge in [-0.3, -0.25) is 9.69 Å². The van der Waals surface area contributed by atoms with Crippen LogP contribution in [0.1, 0.15) is 26.7 Å². The second-order valence-corrected chi connectivity index (χ2v) is 5.42. The molecule has 1 saturated heterocycles. The topological polar surface area (TPSA) is 44.8 Å². The second-order valence-electron chi connectivity index (χ2n) is 5.42. The van der Waals surface area contributed by atoms with Crippen LogP contribution in [0.5, 0.6) is 0 Å². The van der Waals surface area contributed by atoms with Gasteiger partial charge in [-0.05, 0) is 46.4 Å². The highest BCUT2D eigenvalue weighted by Gasteiger charge is 2.23. The molecule has 1 aliphatic heterocycles. The van der Waals surface area contributed by atoms with Gasteiger partial charge < -0.3 is 15.0 Å². The van der Waals surface area contributed by atoms with Gasteiger partial charge in [0.2, 0.25) is 0 Å². The molecule has 0 saturated carbocycles. The molecule has 1 aliphatic rings. The van der Waals surface area contributed by atoms with Crippen molar-refractivity contribution in [1.82, 2.24) is 15.1 Å². The third-order valence-corrected chi connectivity index (χ3v) is 3.83. The van der Waals surface area contributed by atoms with Crippen LogP contribution in [-0.4, -0.2) is 74.7 Å². The van der Waals surface area contributed by atoms with Crippen molar-refractivity contribution in [2.45, 2.75) is 38.8 Å². The van der Waals surface area contributed by atoms with Gasteiger partial charge in [0.1, 0.15) is 6.04 Å². The van der Waals surface area contributed by atoms with Gasteiger partial charge in [-0.1, -0.05) is 6.92 Å². The number of hydrogen-bond acceptors (Lipinski definition) is 5. The highest BCUT2D eigenvalue weighted by Crippen LogP contribution is 2.10. The van der Waals surface area contributed by atoms with Gasteiger partial charge >= 0.3 is 5.97 Å². The zero-order valence-corrected chi connectivity index (χ0v) is 12.8. The van der Waals surface area contributed by atoms with Crippen molar-refractivity contribution >= 4 is 5.97 Å². The molecule has 0 spiro atoms. The maximum Gasteiger partial charge on any atom is 0.322 e. The molecule has 1 fully saturated rings. The van der Waals surface area contributed by atoms with Crippen molar-refractivity contribution in [3.63, 3.8) is 0 Å². The lowest BCUT2D eigenvalue weighted by Crippen LogP contribution is -2.43. The molecule has 1 N–H and O–H groups in total. The van der Waals surface area contributed by atoms with Crippen molar-refractivity contribution in [3.05, 3.63) is 0 Å². The van der Waals surface area contributed by atoms with Crippen LogP contribution in [0, 0.1) is 0 Å². The molecule has 19 heavy (non-hydrogen) atoms. The predicted octanol–water partition coefficient (Wildman–Crippen LogP) is 0.554. The van der Waals surface area contributed by atoms with Crippen molar-refractivity contribution in [2.75, 3.05) is 46.9 Å². The molecular weight excluding hydrogens is 242 g/mol. The number of likely N-dealkylation sites (N-methyl/N-ethyl adjacent to an activating group) is 2. The number of rotatable bonds is 6. The molecule has 112 valence electrons. The number of ether oxygens (including phenoxy) is 1. The number of nitrogens with one attached hydrogen (secondary N) is 1. The van der Waals surface area contributed by atoms with Crippen LogP contribution in [0.15, 0.2) is 0 Å². The van der Waals surface area contributed by atoms with Gasteiger partial charge in [-0.25, -0.2) is 0 Å². The van der Waals surface area contributed by atoms with E-state index in [1.54, 1.807) is 0 Å². The molecule has 5 heteroatoms. The van der Waals surface area contributed by atoms with Crippen molar-refractivity contribution in [2.24, 2.45) is 0 Å². The van der Waals surface area contributed by atoms with E-state index in [0.29, 0.717) is 6.04 Å². The zero-order valence-electron chi connectivity index (χ0n) is 12.8. The summed E-state index contributed by atoms with van der Waals surface area (Å²) in [6.07, 6.45) is 2.01. The molecular formula is C14H29N3O2. The Morgan fingerprint density at radius 2 is 2.21 bits per heavy atom. The molecule has 5 nitrogen and oxygen atoms in total. The van der Waals surface area contributed by atoms with Gasteiger partial charge in [0.25, 0.3) is 0 Å². The van der Waals surface area contributed by atoms with E-state index in [-0.39, 0.29) is 12.0 Å².